The standard InChI is InChI=1S/C15H22O2/c1-5-12-15(4,16-7-3)17-14-10-8-13(6-2)9-11-14/h6,8-11H,2,5,7,12H2,1,3-4H3. The van der Waals surface area contributed by atoms with Crippen LogP contribution in [0.2, 0.25) is 0 Å². The molecular formula is C15H22O2. The number of benzene rings is 1. The average molecular weight is 234 g/mol. The summed E-state index contributed by atoms with van der Waals surface area (Å²) in [5, 5.41) is 0. The summed E-state index contributed by atoms with van der Waals surface area (Å²) in [4.78, 5) is 0. The Labute approximate surface area is 104 Å². The molecule has 0 N–H and O–H groups in total. The maximum Gasteiger partial charge on any atom is 0.207 e. The predicted molar refractivity (Wildman–Crippen MR) is 72.1 cm³/mol. The van der Waals surface area contributed by atoms with E-state index in [9.17, 15) is 0 Å². The molecule has 94 valence electrons. The second-order valence-electron chi connectivity index (χ2n) is 4.19. The molecule has 17 heavy (non-hydrogen) atoms. The monoisotopic (exact) mass is 234 g/mol. The topological polar surface area (TPSA) is 18.5 Å². The largest absolute Gasteiger partial charge is 0.463 e. The van der Waals surface area contributed by atoms with Gasteiger partial charge in [0.05, 0.1) is 0 Å². The molecule has 1 atom stereocenters. The van der Waals surface area contributed by atoms with Gasteiger partial charge in [0.2, 0.25) is 5.79 Å². The second-order valence-corrected chi connectivity index (χ2v) is 4.19. The number of rotatable bonds is 7. The van der Waals surface area contributed by atoms with Crippen LogP contribution in [0.25, 0.3) is 6.08 Å². The molecule has 0 aliphatic heterocycles. The smallest absolute Gasteiger partial charge is 0.207 e. The lowest BCUT2D eigenvalue weighted by atomic mass is 10.1. The summed E-state index contributed by atoms with van der Waals surface area (Å²) in [5.74, 6) is 0.305. The van der Waals surface area contributed by atoms with Crippen LogP contribution < -0.4 is 4.74 Å². The normalized spacial score (nSPS) is 14.1. The van der Waals surface area contributed by atoms with Gasteiger partial charge in [-0.3, -0.25) is 0 Å². The van der Waals surface area contributed by atoms with Crippen LogP contribution in [0.3, 0.4) is 0 Å². The quantitative estimate of drug-likeness (QED) is 0.656. The summed E-state index contributed by atoms with van der Waals surface area (Å²) in [6, 6.07) is 7.87. The van der Waals surface area contributed by atoms with Crippen LogP contribution in [0.15, 0.2) is 30.8 Å². The van der Waals surface area contributed by atoms with E-state index in [-0.39, 0.29) is 0 Å². The highest BCUT2D eigenvalue weighted by Crippen LogP contribution is 2.24. The molecule has 0 radical (unpaired) electrons. The van der Waals surface area contributed by atoms with Gasteiger partial charge in [0, 0.05) is 20.0 Å². The van der Waals surface area contributed by atoms with Gasteiger partial charge in [0.25, 0.3) is 0 Å². The van der Waals surface area contributed by atoms with Crippen molar-refractivity contribution in [2.45, 2.75) is 39.4 Å². The summed E-state index contributed by atoms with van der Waals surface area (Å²) >= 11 is 0. The molecule has 0 spiro atoms. The van der Waals surface area contributed by atoms with Gasteiger partial charge in [-0.05, 0) is 31.0 Å². The third-order valence-electron chi connectivity index (χ3n) is 2.60. The lowest BCUT2D eigenvalue weighted by Gasteiger charge is -2.30. The van der Waals surface area contributed by atoms with Crippen LogP contribution in [0, 0.1) is 0 Å². The van der Waals surface area contributed by atoms with Gasteiger partial charge in [0.15, 0.2) is 0 Å². The van der Waals surface area contributed by atoms with E-state index in [1.165, 1.54) is 0 Å². The zero-order valence-corrected chi connectivity index (χ0v) is 11.0. The number of hydrogen-bond acceptors (Lipinski definition) is 2. The minimum absolute atomic E-state index is 0.529. The zero-order chi connectivity index (χ0) is 12.7. The van der Waals surface area contributed by atoms with Gasteiger partial charge >= 0.3 is 0 Å². The minimum atomic E-state index is -0.529. The van der Waals surface area contributed by atoms with E-state index >= 15 is 0 Å². The zero-order valence-electron chi connectivity index (χ0n) is 11.0. The third-order valence-corrected chi connectivity index (χ3v) is 2.60. The Kier molecular flexibility index (Phi) is 5.23. The van der Waals surface area contributed by atoms with Gasteiger partial charge in [-0.25, -0.2) is 0 Å². The first kappa shape index (κ1) is 13.8. The first-order valence-corrected chi connectivity index (χ1v) is 6.19. The van der Waals surface area contributed by atoms with E-state index in [1.54, 1.807) is 0 Å². The molecule has 1 aromatic carbocycles. The van der Waals surface area contributed by atoms with Crippen LogP contribution >= 0.6 is 0 Å². The molecule has 0 fully saturated rings. The number of hydrogen-bond donors (Lipinski definition) is 0. The third kappa shape index (κ3) is 4.23. The number of ether oxygens (including phenoxy) is 2. The first-order chi connectivity index (χ1) is 8.13. The van der Waals surface area contributed by atoms with Crippen LogP contribution in [-0.2, 0) is 4.74 Å². The molecule has 1 unspecified atom stereocenters. The summed E-state index contributed by atoms with van der Waals surface area (Å²) in [7, 11) is 0. The molecule has 0 heterocycles. The van der Waals surface area contributed by atoms with Gasteiger partial charge < -0.3 is 9.47 Å². The van der Waals surface area contributed by atoms with E-state index in [4.69, 9.17) is 9.47 Å². The molecule has 0 aliphatic rings. The fourth-order valence-electron chi connectivity index (χ4n) is 1.83. The van der Waals surface area contributed by atoms with E-state index in [2.05, 4.69) is 13.5 Å². The SMILES string of the molecule is C=Cc1ccc(OC(C)(CCC)OCC)cc1. The minimum Gasteiger partial charge on any atom is -0.463 e. The van der Waals surface area contributed by atoms with Crippen LogP contribution in [0.4, 0.5) is 0 Å². The van der Waals surface area contributed by atoms with Gasteiger partial charge in [0.1, 0.15) is 5.75 Å². The molecule has 0 saturated heterocycles. The van der Waals surface area contributed by atoms with Gasteiger partial charge in [-0.15, -0.1) is 0 Å². The Morgan fingerprint density at radius 3 is 2.35 bits per heavy atom. The van der Waals surface area contributed by atoms with Crippen molar-refractivity contribution in [3.05, 3.63) is 36.4 Å². The summed E-state index contributed by atoms with van der Waals surface area (Å²) < 4.78 is 11.6. The predicted octanol–water partition coefficient (Wildman–Crippen LogP) is 4.26. The van der Waals surface area contributed by atoms with Crippen LogP contribution in [0.1, 0.15) is 39.2 Å². The van der Waals surface area contributed by atoms with Crippen molar-refractivity contribution in [2.75, 3.05) is 6.61 Å². The molecule has 2 nitrogen and oxygen atoms in total. The van der Waals surface area contributed by atoms with E-state index < -0.39 is 5.79 Å². The molecule has 1 rings (SSSR count). The van der Waals surface area contributed by atoms with E-state index in [0.717, 1.165) is 24.2 Å². The van der Waals surface area contributed by atoms with Crippen molar-refractivity contribution in [2.24, 2.45) is 0 Å². The molecule has 0 saturated carbocycles. The highest BCUT2D eigenvalue weighted by atomic mass is 16.7. The van der Waals surface area contributed by atoms with Crippen molar-refractivity contribution in [1.29, 1.82) is 0 Å². The average Bonchev–Trinajstić information content (AvgIpc) is 2.30. The maximum absolute atomic E-state index is 5.93. The Balaban J connectivity index is 2.74. The van der Waals surface area contributed by atoms with Crippen molar-refractivity contribution < 1.29 is 9.47 Å². The van der Waals surface area contributed by atoms with E-state index in [0.29, 0.717) is 6.61 Å². The fraction of sp³-hybridized carbons (Fsp3) is 0.467. The van der Waals surface area contributed by atoms with Crippen molar-refractivity contribution >= 4 is 6.08 Å². The van der Waals surface area contributed by atoms with Gasteiger partial charge in [-0.2, -0.15) is 0 Å². The Morgan fingerprint density at radius 1 is 1.24 bits per heavy atom. The Morgan fingerprint density at radius 2 is 1.88 bits per heavy atom. The van der Waals surface area contributed by atoms with E-state index in [1.807, 2.05) is 44.2 Å². The molecule has 0 aliphatic carbocycles. The summed E-state index contributed by atoms with van der Waals surface area (Å²) in [6.07, 6.45) is 3.73. The van der Waals surface area contributed by atoms with Crippen LogP contribution in [-0.4, -0.2) is 12.4 Å². The Hall–Kier alpha value is -1.28. The molecule has 2 heteroatoms. The fourth-order valence-corrected chi connectivity index (χ4v) is 1.83. The Bertz CT molecular complexity index is 334. The maximum atomic E-state index is 5.93. The second kappa shape index (κ2) is 6.45. The highest BCUT2D eigenvalue weighted by Gasteiger charge is 2.25. The lowest BCUT2D eigenvalue weighted by molar-refractivity contribution is -0.171. The first-order valence-electron chi connectivity index (χ1n) is 6.19. The highest BCUT2D eigenvalue weighted by molar-refractivity contribution is 5.48. The van der Waals surface area contributed by atoms with Crippen molar-refractivity contribution in [1.82, 2.24) is 0 Å². The van der Waals surface area contributed by atoms with Crippen LogP contribution in [0.5, 0.6) is 5.75 Å². The molecule has 0 amide bonds. The van der Waals surface area contributed by atoms with Crippen molar-refractivity contribution in [3.8, 4) is 5.75 Å². The summed E-state index contributed by atoms with van der Waals surface area (Å²) in [5.41, 5.74) is 1.09. The van der Waals surface area contributed by atoms with Crippen molar-refractivity contribution in [3.63, 3.8) is 0 Å². The lowest BCUT2D eigenvalue weighted by Crippen LogP contribution is -2.35. The molecular weight excluding hydrogens is 212 g/mol. The molecule has 1 aromatic rings. The molecule has 0 bridgehead atoms. The van der Waals surface area contributed by atoms with Gasteiger partial charge in [-0.1, -0.05) is 31.7 Å². The summed E-state index contributed by atoms with van der Waals surface area (Å²) in [6.45, 7) is 10.5. The molecule has 0 aromatic heterocycles.